The Morgan fingerprint density at radius 3 is 2.20 bits per heavy atom. The van der Waals surface area contributed by atoms with Gasteiger partial charge < -0.3 is 5.11 Å². The van der Waals surface area contributed by atoms with E-state index in [2.05, 4.69) is 6.07 Å². The molecule has 0 amide bonds. The maximum absolute atomic E-state index is 10.2. The summed E-state index contributed by atoms with van der Waals surface area (Å²) in [4.78, 5) is 10.2. The summed E-state index contributed by atoms with van der Waals surface area (Å²) in [6, 6.07) is 8.87. The van der Waals surface area contributed by atoms with Crippen molar-refractivity contribution in [1.82, 2.24) is 0 Å². The van der Waals surface area contributed by atoms with Crippen LogP contribution in [0.2, 0.25) is 0 Å². The molecular formula is C7H8BiO2. The van der Waals surface area contributed by atoms with E-state index >= 15 is 0 Å². The number of carboxylic acids is 1. The molecule has 0 bridgehead atoms. The zero-order valence-electron chi connectivity index (χ0n) is 5.37. The third kappa shape index (κ3) is 2.44. The van der Waals surface area contributed by atoms with Gasteiger partial charge in [0.15, 0.2) is 0 Å². The molecule has 1 aromatic rings. The van der Waals surface area contributed by atoms with Crippen LogP contribution in [0.25, 0.3) is 0 Å². The van der Waals surface area contributed by atoms with Crippen molar-refractivity contribution in [3.05, 3.63) is 35.9 Å². The second-order valence-electron chi connectivity index (χ2n) is 1.59. The van der Waals surface area contributed by atoms with Crippen molar-refractivity contribution >= 4 is 32.2 Å². The number of hydrogen-bond donors (Lipinski definition) is 1. The van der Waals surface area contributed by atoms with Gasteiger partial charge in [0.1, 0.15) is 0 Å². The van der Waals surface area contributed by atoms with Gasteiger partial charge in [0.05, 0.1) is 5.56 Å². The van der Waals surface area contributed by atoms with Gasteiger partial charge in [-0.3, -0.25) is 0 Å². The molecular weight excluding hydrogens is 325 g/mol. The maximum atomic E-state index is 10.2. The fourth-order valence-electron chi connectivity index (χ4n) is 0.529. The Bertz CT molecular complexity index is 208. The molecule has 1 rings (SSSR count). The van der Waals surface area contributed by atoms with E-state index in [1.54, 1.807) is 12.1 Å². The zero-order valence-corrected chi connectivity index (χ0v) is 10.9. The molecule has 0 aliphatic rings. The number of rotatable bonds is 1. The molecule has 0 saturated heterocycles. The first-order valence-corrected chi connectivity index (χ1v) is 2.50. The van der Waals surface area contributed by atoms with E-state index in [1.165, 1.54) is 12.1 Å². The molecule has 2 nitrogen and oxygen atoms in total. The monoisotopic (exact) mass is 333 g/mol. The van der Waals surface area contributed by atoms with Crippen molar-refractivity contribution in [2.24, 2.45) is 0 Å². The van der Waals surface area contributed by atoms with E-state index in [0.29, 0.717) is 5.56 Å². The summed E-state index contributed by atoms with van der Waals surface area (Å²) >= 11 is 0. The fraction of sp³-hybridized carbons (Fsp3) is 0. The topological polar surface area (TPSA) is 37.3 Å². The molecule has 1 radical (unpaired) electrons. The van der Waals surface area contributed by atoms with E-state index < -0.39 is 5.97 Å². The van der Waals surface area contributed by atoms with E-state index in [0.717, 1.165) is 0 Å². The van der Waals surface area contributed by atoms with Crippen molar-refractivity contribution < 1.29 is 9.90 Å². The first-order chi connectivity index (χ1) is 4.30. The summed E-state index contributed by atoms with van der Waals surface area (Å²) < 4.78 is 0. The summed E-state index contributed by atoms with van der Waals surface area (Å²) in [6.45, 7) is 0. The number of carbonyl (C=O) groups is 1. The van der Waals surface area contributed by atoms with E-state index in [-0.39, 0.29) is 26.2 Å². The van der Waals surface area contributed by atoms with Crippen LogP contribution in [0.5, 0.6) is 0 Å². The molecule has 1 N–H and O–H groups in total. The number of aromatic carboxylic acids is 1. The van der Waals surface area contributed by atoms with Crippen LogP contribution in [0.4, 0.5) is 0 Å². The van der Waals surface area contributed by atoms with Gasteiger partial charge in [-0.15, -0.1) is 0 Å². The van der Waals surface area contributed by atoms with Crippen LogP contribution in [-0.4, -0.2) is 37.3 Å². The molecule has 0 unspecified atom stereocenters. The molecule has 10 heavy (non-hydrogen) atoms. The average Bonchev–Trinajstić information content (AvgIpc) is 1.90. The summed E-state index contributed by atoms with van der Waals surface area (Å²) in [5.41, 5.74) is 0.300. The fourth-order valence-corrected chi connectivity index (χ4v) is 0.529. The molecule has 0 fully saturated rings. The Morgan fingerprint density at radius 1 is 1.40 bits per heavy atom. The van der Waals surface area contributed by atoms with Gasteiger partial charge >= 0.3 is 32.2 Å². The molecule has 0 aliphatic carbocycles. The predicted octanol–water partition coefficient (Wildman–Crippen LogP) is 0.00109. The molecule has 0 heterocycles. The average molecular weight is 333 g/mol. The van der Waals surface area contributed by atoms with Gasteiger partial charge in [0, 0.05) is 0 Å². The summed E-state index contributed by atoms with van der Waals surface area (Å²) in [5.74, 6) is -0.899. The Morgan fingerprint density at radius 2 is 1.90 bits per heavy atom. The van der Waals surface area contributed by atoms with Crippen LogP contribution in [0, 0.1) is 6.07 Å². The second kappa shape index (κ2) is 4.40. The standard InChI is InChI=1S/C7H5O2.Bi.3H/c8-7(9)6-4-2-1-3-5-6;;;;/h2-5H,(H,8,9);;;;. The first-order valence-electron chi connectivity index (χ1n) is 2.50. The van der Waals surface area contributed by atoms with E-state index in [4.69, 9.17) is 5.11 Å². The second-order valence-corrected chi connectivity index (χ2v) is 1.59. The minimum atomic E-state index is -0.899. The molecule has 0 saturated carbocycles. The molecule has 0 aliphatic heterocycles. The third-order valence-corrected chi connectivity index (χ3v) is 0.965. The normalized spacial score (nSPS) is 8.00. The van der Waals surface area contributed by atoms with Gasteiger partial charge in [-0.1, -0.05) is 12.1 Å². The first kappa shape index (κ1) is 9.57. The summed E-state index contributed by atoms with van der Waals surface area (Å²) in [5, 5.41) is 8.37. The van der Waals surface area contributed by atoms with Crippen molar-refractivity contribution in [1.29, 1.82) is 0 Å². The van der Waals surface area contributed by atoms with Crippen molar-refractivity contribution in [3.8, 4) is 0 Å². The number of benzene rings is 1. The molecule has 1 aromatic carbocycles. The van der Waals surface area contributed by atoms with Gasteiger partial charge in [-0.05, 0) is 18.2 Å². The quantitative estimate of drug-likeness (QED) is 0.735. The molecule has 53 valence electrons. The predicted molar refractivity (Wildman–Crippen MR) is 42.2 cm³/mol. The van der Waals surface area contributed by atoms with Crippen molar-refractivity contribution in [2.45, 2.75) is 0 Å². The Labute approximate surface area is 78.0 Å². The molecule has 0 atom stereocenters. The van der Waals surface area contributed by atoms with Crippen LogP contribution < -0.4 is 0 Å². The van der Waals surface area contributed by atoms with Crippen molar-refractivity contribution in [2.75, 3.05) is 0 Å². The van der Waals surface area contributed by atoms with Gasteiger partial charge in [-0.2, -0.15) is 0 Å². The Balaban J connectivity index is 0.000000810. The number of hydrogen-bond acceptors (Lipinski definition) is 1. The van der Waals surface area contributed by atoms with Crippen LogP contribution in [0.15, 0.2) is 24.3 Å². The minimum absolute atomic E-state index is 0. The SMILES string of the molecule is O=C(O)c1cc[c]cc1.[BiH3]. The molecule has 3 heteroatoms. The number of carboxylic acid groups (broad SMARTS) is 1. The Kier molecular flexibility index (Phi) is 4.21. The summed E-state index contributed by atoms with van der Waals surface area (Å²) in [7, 11) is 0. The van der Waals surface area contributed by atoms with E-state index in [1.807, 2.05) is 0 Å². The Hall–Kier alpha value is -0.427. The molecule has 0 aromatic heterocycles. The third-order valence-electron chi connectivity index (χ3n) is 0.965. The van der Waals surface area contributed by atoms with Crippen LogP contribution in [-0.2, 0) is 0 Å². The zero-order chi connectivity index (χ0) is 6.69. The van der Waals surface area contributed by atoms with E-state index in [9.17, 15) is 4.79 Å². The molecule has 0 spiro atoms. The van der Waals surface area contributed by atoms with Gasteiger partial charge in [0.25, 0.3) is 0 Å². The van der Waals surface area contributed by atoms with Gasteiger partial charge in [-0.25, -0.2) is 4.79 Å². The summed E-state index contributed by atoms with van der Waals surface area (Å²) in [6.07, 6.45) is 0. The van der Waals surface area contributed by atoms with Gasteiger partial charge in [0.2, 0.25) is 0 Å². The van der Waals surface area contributed by atoms with Crippen LogP contribution in [0.1, 0.15) is 10.4 Å². The van der Waals surface area contributed by atoms with Crippen LogP contribution >= 0.6 is 0 Å². The van der Waals surface area contributed by atoms with Crippen LogP contribution in [0.3, 0.4) is 0 Å². The van der Waals surface area contributed by atoms with Crippen molar-refractivity contribution in [3.63, 3.8) is 0 Å².